The van der Waals surface area contributed by atoms with Crippen molar-refractivity contribution in [1.29, 1.82) is 0 Å². The summed E-state index contributed by atoms with van der Waals surface area (Å²) in [7, 11) is 0. The maximum atomic E-state index is 15.6. The van der Waals surface area contributed by atoms with Crippen molar-refractivity contribution in [3.8, 4) is 11.8 Å². The minimum atomic E-state index is -3.98. The molecule has 2 atom stereocenters. The van der Waals surface area contributed by atoms with E-state index in [1.807, 2.05) is 18.2 Å². The van der Waals surface area contributed by atoms with Gasteiger partial charge in [-0.25, -0.2) is 4.79 Å². The molecule has 1 heterocycles. The average molecular weight is 492 g/mol. The van der Waals surface area contributed by atoms with Crippen LogP contribution in [-0.2, 0) is 26.4 Å². The summed E-state index contributed by atoms with van der Waals surface area (Å²) in [5.74, 6) is 0.230. The van der Waals surface area contributed by atoms with Crippen LogP contribution in [0.25, 0.3) is 20.2 Å². The maximum absolute atomic E-state index is 15.6. The van der Waals surface area contributed by atoms with Crippen LogP contribution >= 0.6 is 11.3 Å². The molecule has 2 aromatic carbocycles. The van der Waals surface area contributed by atoms with Crippen LogP contribution in [0.2, 0.25) is 0 Å². The number of thiophene rings is 1. The first-order chi connectivity index (χ1) is 15.3. The van der Waals surface area contributed by atoms with Gasteiger partial charge in [-0.3, -0.25) is 0 Å². The number of carbonyl (C=O) groups is 1. The minimum absolute atomic E-state index is 0.136. The molecule has 1 unspecified atom stereocenters. The summed E-state index contributed by atoms with van der Waals surface area (Å²) in [5, 5.41) is 1.65. The monoisotopic (exact) mass is 491 g/mol. The van der Waals surface area contributed by atoms with E-state index >= 15 is 8.78 Å². The smallest absolute Gasteiger partial charge is 0.379 e. The van der Waals surface area contributed by atoms with Crippen LogP contribution in [0.5, 0.6) is 0 Å². The molecule has 0 amide bonds. The van der Waals surface area contributed by atoms with Gasteiger partial charge in [-0.05, 0) is 77.4 Å². The van der Waals surface area contributed by atoms with Gasteiger partial charge >= 0.3 is 11.9 Å². The molecule has 0 aliphatic heterocycles. The molecule has 0 aliphatic carbocycles. The third-order valence-electron chi connectivity index (χ3n) is 5.33. The number of esters is 1. The molecule has 3 rings (SSSR count). The van der Waals surface area contributed by atoms with E-state index in [0.29, 0.717) is 0 Å². The molecular formula is C25H27F2NO3S2. The summed E-state index contributed by atoms with van der Waals surface area (Å²) in [4.78, 5) is 12.3. The van der Waals surface area contributed by atoms with Gasteiger partial charge in [-0.15, -0.1) is 22.0 Å². The van der Waals surface area contributed by atoms with E-state index < -0.39 is 33.5 Å². The molecule has 3 aromatic rings. The largest absolute Gasteiger partial charge is 0.598 e. The second-order valence-corrected chi connectivity index (χ2v) is 11.9. The van der Waals surface area contributed by atoms with E-state index in [1.54, 1.807) is 57.2 Å². The van der Waals surface area contributed by atoms with Crippen LogP contribution < -0.4 is 4.72 Å². The van der Waals surface area contributed by atoms with E-state index in [2.05, 4.69) is 21.3 Å². The van der Waals surface area contributed by atoms with Gasteiger partial charge in [-0.2, -0.15) is 8.78 Å². The number of hydrogen-bond donors (Lipinski definition) is 1. The number of hydrogen-bond acceptors (Lipinski definition) is 5. The first-order valence-electron chi connectivity index (χ1n) is 10.5. The Morgan fingerprint density at radius 1 is 1.12 bits per heavy atom. The summed E-state index contributed by atoms with van der Waals surface area (Å²) < 4.78 is 52.5. The zero-order valence-corrected chi connectivity index (χ0v) is 21.1. The molecule has 0 spiro atoms. The number of halogens is 2. The lowest BCUT2D eigenvalue weighted by Crippen LogP contribution is -2.61. The van der Waals surface area contributed by atoms with Crippen molar-refractivity contribution in [2.75, 3.05) is 6.61 Å². The highest BCUT2D eigenvalue weighted by Gasteiger charge is 2.61. The lowest BCUT2D eigenvalue weighted by atomic mass is 9.85. The lowest BCUT2D eigenvalue weighted by Gasteiger charge is -2.38. The van der Waals surface area contributed by atoms with Gasteiger partial charge in [0.05, 0.1) is 6.61 Å². The van der Waals surface area contributed by atoms with Gasteiger partial charge in [0, 0.05) is 37.1 Å². The normalized spacial score (nSPS) is 15.1. The Balaban J connectivity index is 2.24. The molecule has 8 heteroatoms. The number of rotatable bonds is 6. The fourth-order valence-electron chi connectivity index (χ4n) is 3.38. The molecular weight excluding hydrogens is 464 g/mol. The van der Waals surface area contributed by atoms with Crippen LogP contribution in [0.1, 0.15) is 52.7 Å². The van der Waals surface area contributed by atoms with Crippen molar-refractivity contribution >= 4 is 48.8 Å². The fourth-order valence-corrected chi connectivity index (χ4v) is 5.37. The van der Waals surface area contributed by atoms with Crippen molar-refractivity contribution in [3.63, 3.8) is 0 Å². The number of benzene rings is 2. The molecule has 0 bridgehead atoms. The molecule has 0 aliphatic rings. The zero-order chi connectivity index (χ0) is 24.6. The van der Waals surface area contributed by atoms with Crippen LogP contribution in [-0.4, -0.2) is 27.8 Å². The topological polar surface area (TPSA) is 61.4 Å². The Morgan fingerprint density at radius 3 is 2.30 bits per heavy atom. The first kappa shape index (κ1) is 25.4. The van der Waals surface area contributed by atoms with Crippen molar-refractivity contribution in [1.82, 2.24) is 4.72 Å². The molecule has 4 nitrogen and oxygen atoms in total. The van der Waals surface area contributed by atoms with Gasteiger partial charge in [0.25, 0.3) is 0 Å². The molecule has 33 heavy (non-hydrogen) atoms. The Hall–Kier alpha value is -2.18. The highest BCUT2D eigenvalue weighted by molar-refractivity contribution is 7.90. The summed E-state index contributed by atoms with van der Waals surface area (Å²) in [6, 6.07) is 10.7. The molecule has 176 valence electrons. The van der Waals surface area contributed by atoms with Crippen molar-refractivity contribution < 1.29 is 22.9 Å². The van der Waals surface area contributed by atoms with Crippen molar-refractivity contribution in [2.24, 2.45) is 0 Å². The van der Waals surface area contributed by atoms with Gasteiger partial charge in [0.15, 0.2) is 5.54 Å². The third kappa shape index (κ3) is 4.73. The summed E-state index contributed by atoms with van der Waals surface area (Å²) in [6.45, 7) is 9.23. The standard InChI is InChI=1S/C25H27F2NO3S2/c1-7-9-16-10-12-20-18(14-16)19-15-17(11-13-21(19)32-20)24(6,28-33(30)23(3,4)5)25(26,27)22(29)31-8-2/h10-15,28H,8H2,1-6H3/t24?,33-/m1/s1. The predicted molar refractivity (Wildman–Crippen MR) is 132 cm³/mol. The minimum Gasteiger partial charge on any atom is -0.598 e. The van der Waals surface area contributed by atoms with Crippen LogP contribution in [0.15, 0.2) is 36.4 Å². The number of nitrogens with one attached hydrogen (secondary N) is 1. The molecule has 1 N–H and O–H groups in total. The first-order valence-corrected chi connectivity index (χ1v) is 12.5. The average Bonchev–Trinajstić information content (AvgIpc) is 3.10. The van der Waals surface area contributed by atoms with E-state index in [4.69, 9.17) is 0 Å². The zero-order valence-electron chi connectivity index (χ0n) is 19.5. The summed E-state index contributed by atoms with van der Waals surface area (Å²) in [6.07, 6.45) is 0. The number of ether oxygens (including phenoxy) is 1. The summed E-state index contributed by atoms with van der Waals surface area (Å²) in [5.41, 5.74) is -1.32. The van der Waals surface area contributed by atoms with Crippen LogP contribution in [0.4, 0.5) is 8.78 Å². The third-order valence-corrected chi connectivity index (χ3v) is 8.19. The van der Waals surface area contributed by atoms with E-state index in [0.717, 1.165) is 25.7 Å². The highest BCUT2D eigenvalue weighted by Crippen LogP contribution is 2.43. The molecule has 0 saturated heterocycles. The van der Waals surface area contributed by atoms with Crippen molar-refractivity contribution in [3.05, 3.63) is 47.5 Å². The van der Waals surface area contributed by atoms with E-state index in [1.165, 1.54) is 13.8 Å². The van der Waals surface area contributed by atoms with Crippen molar-refractivity contribution in [2.45, 2.75) is 57.8 Å². The molecule has 0 radical (unpaired) electrons. The Labute approximate surface area is 200 Å². The van der Waals surface area contributed by atoms with E-state index in [9.17, 15) is 9.35 Å². The Morgan fingerprint density at radius 2 is 1.73 bits per heavy atom. The Kier molecular flexibility index (Phi) is 7.11. The maximum Gasteiger partial charge on any atom is 0.379 e. The van der Waals surface area contributed by atoms with Gasteiger partial charge in [-0.1, -0.05) is 12.0 Å². The van der Waals surface area contributed by atoms with Crippen LogP contribution in [0, 0.1) is 11.8 Å². The van der Waals surface area contributed by atoms with Crippen LogP contribution in [0.3, 0.4) is 0 Å². The second kappa shape index (κ2) is 9.22. The number of carbonyl (C=O) groups excluding carboxylic acids is 1. The second-order valence-electron chi connectivity index (χ2n) is 8.80. The molecule has 1 aromatic heterocycles. The van der Waals surface area contributed by atoms with Gasteiger partial charge < -0.3 is 9.29 Å². The lowest BCUT2D eigenvalue weighted by molar-refractivity contribution is -0.183. The number of alkyl halides is 2. The SMILES string of the molecule is CC#Cc1ccc2sc3ccc(C(C)(N[S@+]([O-])C(C)(C)C)C(F)(F)C(=O)OCC)cc3c2c1. The van der Waals surface area contributed by atoms with Gasteiger partial charge in [0.1, 0.15) is 4.75 Å². The van der Waals surface area contributed by atoms with Gasteiger partial charge in [0.2, 0.25) is 0 Å². The molecule has 0 saturated carbocycles. The quantitative estimate of drug-likeness (QED) is 0.265. The molecule has 0 fully saturated rings. The van der Waals surface area contributed by atoms with E-state index in [-0.39, 0.29) is 12.2 Å². The number of fused-ring (bicyclic) bond motifs is 3. The Bertz CT molecular complexity index is 1250. The highest BCUT2D eigenvalue weighted by atomic mass is 32.2. The summed E-state index contributed by atoms with van der Waals surface area (Å²) >= 11 is -0.345. The fraction of sp³-hybridized carbons (Fsp3) is 0.400. The predicted octanol–water partition coefficient (Wildman–Crippen LogP) is 5.89.